The number of aromatic nitrogens is 2. The largest absolute Gasteiger partial charge is 0.383 e. The van der Waals surface area contributed by atoms with Gasteiger partial charge in [-0.3, -0.25) is 9.80 Å². The lowest BCUT2D eigenvalue weighted by Gasteiger charge is -2.33. The number of rotatable bonds is 6. The van der Waals surface area contributed by atoms with Crippen LogP contribution in [0.2, 0.25) is 0 Å². The predicted molar refractivity (Wildman–Crippen MR) is 88.1 cm³/mol. The third-order valence-electron chi connectivity index (χ3n) is 4.17. The Hall–Kier alpha value is -1.76. The molecule has 0 spiro atoms. The van der Waals surface area contributed by atoms with Gasteiger partial charge in [-0.05, 0) is 19.1 Å². The number of aryl methyl sites for hydroxylation is 1. The van der Waals surface area contributed by atoms with Gasteiger partial charge in [0.1, 0.15) is 0 Å². The summed E-state index contributed by atoms with van der Waals surface area (Å²) in [5.41, 5.74) is 2.17. The Morgan fingerprint density at radius 1 is 1.17 bits per heavy atom. The molecule has 0 saturated carbocycles. The molecule has 2 heterocycles. The SMILES string of the molecule is COCCN1CCN(Cc2noc(-c3cccc(C)c3)n2)CC1. The molecule has 1 saturated heterocycles. The van der Waals surface area contributed by atoms with Crippen molar-refractivity contribution in [1.82, 2.24) is 19.9 Å². The van der Waals surface area contributed by atoms with Crippen LogP contribution in [0.3, 0.4) is 0 Å². The van der Waals surface area contributed by atoms with Gasteiger partial charge in [0, 0.05) is 45.4 Å². The summed E-state index contributed by atoms with van der Waals surface area (Å²) in [5, 5.41) is 4.12. The van der Waals surface area contributed by atoms with Crippen molar-refractivity contribution in [2.24, 2.45) is 0 Å². The molecule has 6 nitrogen and oxygen atoms in total. The lowest BCUT2D eigenvalue weighted by atomic mass is 10.1. The highest BCUT2D eigenvalue weighted by atomic mass is 16.5. The van der Waals surface area contributed by atoms with Crippen molar-refractivity contribution in [2.75, 3.05) is 46.4 Å². The minimum absolute atomic E-state index is 0.599. The van der Waals surface area contributed by atoms with E-state index in [1.807, 2.05) is 12.1 Å². The van der Waals surface area contributed by atoms with Crippen LogP contribution in [-0.4, -0.2) is 66.4 Å². The van der Waals surface area contributed by atoms with Crippen LogP contribution in [0.5, 0.6) is 0 Å². The van der Waals surface area contributed by atoms with Gasteiger partial charge in [-0.15, -0.1) is 0 Å². The van der Waals surface area contributed by atoms with Crippen LogP contribution in [0.4, 0.5) is 0 Å². The second kappa shape index (κ2) is 7.68. The number of nitrogens with zero attached hydrogens (tertiary/aromatic N) is 4. The minimum Gasteiger partial charge on any atom is -0.383 e. The fraction of sp³-hybridized carbons (Fsp3) is 0.529. The Kier molecular flexibility index (Phi) is 5.38. The van der Waals surface area contributed by atoms with Crippen molar-refractivity contribution in [3.8, 4) is 11.5 Å². The van der Waals surface area contributed by atoms with Crippen LogP contribution in [0, 0.1) is 6.92 Å². The molecule has 1 aromatic carbocycles. The number of benzene rings is 1. The fourth-order valence-corrected chi connectivity index (χ4v) is 2.80. The molecular formula is C17H24N4O2. The summed E-state index contributed by atoms with van der Waals surface area (Å²) in [4.78, 5) is 9.33. The maximum atomic E-state index is 5.41. The van der Waals surface area contributed by atoms with E-state index in [4.69, 9.17) is 9.26 Å². The molecule has 23 heavy (non-hydrogen) atoms. The van der Waals surface area contributed by atoms with Crippen LogP contribution in [-0.2, 0) is 11.3 Å². The second-order valence-electron chi connectivity index (χ2n) is 6.00. The molecule has 0 atom stereocenters. The van der Waals surface area contributed by atoms with E-state index in [1.165, 1.54) is 5.56 Å². The van der Waals surface area contributed by atoms with Crippen LogP contribution < -0.4 is 0 Å². The molecule has 0 bridgehead atoms. The zero-order valence-electron chi connectivity index (χ0n) is 13.9. The molecule has 0 N–H and O–H groups in total. The van der Waals surface area contributed by atoms with Gasteiger partial charge in [-0.25, -0.2) is 0 Å². The monoisotopic (exact) mass is 316 g/mol. The van der Waals surface area contributed by atoms with Gasteiger partial charge in [0.2, 0.25) is 0 Å². The molecule has 1 fully saturated rings. The van der Waals surface area contributed by atoms with E-state index in [1.54, 1.807) is 7.11 Å². The molecule has 124 valence electrons. The highest BCUT2D eigenvalue weighted by molar-refractivity contribution is 5.53. The minimum atomic E-state index is 0.599. The maximum Gasteiger partial charge on any atom is 0.257 e. The summed E-state index contributed by atoms with van der Waals surface area (Å²) in [7, 11) is 1.75. The van der Waals surface area contributed by atoms with Gasteiger partial charge in [0.25, 0.3) is 5.89 Å². The first kappa shape index (κ1) is 16.1. The normalized spacial score (nSPS) is 16.8. The molecule has 3 rings (SSSR count). The summed E-state index contributed by atoms with van der Waals surface area (Å²) < 4.78 is 10.5. The molecule has 0 amide bonds. The average molecular weight is 316 g/mol. The molecule has 0 radical (unpaired) electrons. The van der Waals surface area contributed by atoms with Gasteiger partial charge in [-0.2, -0.15) is 4.98 Å². The third kappa shape index (κ3) is 4.37. The van der Waals surface area contributed by atoms with E-state index in [2.05, 4.69) is 39.0 Å². The van der Waals surface area contributed by atoms with Gasteiger partial charge in [-0.1, -0.05) is 22.9 Å². The van der Waals surface area contributed by atoms with Crippen LogP contribution in [0.15, 0.2) is 28.8 Å². The smallest absolute Gasteiger partial charge is 0.257 e. The van der Waals surface area contributed by atoms with E-state index in [9.17, 15) is 0 Å². The van der Waals surface area contributed by atoms with Crippen molar-refractivity contribution < 1.29 is 9.26 Å². The molecule has 0 aliphatic carbocycles. The van der Waals surface area contributed by atoms with E-state index >= 15 is 0 Å². The Bertz CT molecular complexity index is 621. The topological polar surface area (TPSA) is 54.6 Å². The molecule has 2 aromatic rings. The van der Waals surface area contributed by atoms with Gasteiger partial charge < -0.3 is 9.26 Å². The van der Waals surface area contributed by atoms with Crippen LogP contribution in [0.25, 0.3) is 11.5 Å². The first-order valence-corrected chi connectivity index (χ1v) is 8.08. The Morgan fingerprint density at radius 3 is 2.70 bits per heavy atom. The Labute approximate surface area is 137 Å². The standard InChI is InChI=1S/C17H24N4O2/c1-14-4-3-5-15(12-14)17-18-16(19-23-17)13-21-8-6-20(7-9-21)10-11-22-2/h3-5,12H,6-11,13H2,1-2H3. The summed E-state index contributed by atoms with van der Waals surface area (Å²) in [6, 6.07) is 8.13. The van der Waals surface area contributed by atoms with Crippen molar-refractivity contribution in [3.05, 3.63) is 35.7 Å². The summed E-state index contributed by atoms with van der Waals surface area (Å²) in [6.45, 7) is 8.78. The van der Waals surface area contributed by atoms with E-state index < -0.39 is 0 Å². The van der Waals surface area contributed by atoms with E-state index in [0.29, 0.717) is 5.89 Å². The molecular weight excluding hydrogens is 292 g/mol. The van der Waals surface area contributed by atoms with Gasteiger partial charge >= 0.3 is 0 Å². The van der Waals surface area contributed by atoms with Crippen LogP contribution in [0.1, 0.15) is 11.4 Å². The highest BCUT2D eigenvalue weighted by Gasteiger charge is 2.19. The molecule has 1 aliphatic heterocycles. The number of hydrogen-bond donors (Lipinski definition) is 0. The number of methoxy groups -OCH3 is 1. The lowest BCUT2D eigenvalue weighted by Crippen LogP contribution is -2.46. The number of ether oxygens (including phenoxy) is 1. The first-order chi connectivity index (χ1) is 11.2. The predicted octanol–water partition coefficient (Wildman–Crippen LogP) is 1.81. The first-order valence-electron chi connectivity index (χ1n) is 8.08. The zero-order chi connectivity index (χ0) is 16.1. The lowest BCUT2D eigenvalue weighted by molar-refractivity contribution is 0.0922. The quantitative estimate of drug-likeness (QED) is 0.810. The van der Waals surface area contributed by atoms with Crippen molar-refractivity contribution in [2.45, 2.75) is 13.5 Å². The van der Waals surface area contributed by atoms with Gasteiger partial charge in [0.15, 0.2) is 5.82 Å². The molecule has 1 aliphatic rings. The Balaban J connectivity index is 1.54. The molecule has 0 unspecified atom stereocenters. The van der Waals surface area contributed by atoms with E-state index in [-0.39, 0.29) is 0 Å². The summed E-state index contributed by atoms with van der Waals surface area (Å²) in [6.07, 6.45) is 0. The van der Waals surface area contributed by atoms with E-state index in [0.717, 1.165) is 57.3 Å². The highest BCUT2D eigenvalue weighted by Crippen LogP contribution is 2.18. The van der Waals surface area contributed by atoms with Crippen molar-refractivity contribution in [1.29, 1.82) is 0 Å². The summed E-state index contributed by atoms with van der Waals surface area (Å²) >= 11 is 0. The van der Waals surface area contributed by atoms with Gasteiger partial charge in [0.05, 0.1) is 13.2 Å². The second-order valence-corrected chi connectivity index (χ2v) is 6.00. The maximum absolute atomic E-state index is 5.41. The summed E-state index contributed by atoms with van der Waals surface area (Å²) in [5.74, 6) is 1.36. The van der Waals surface area contributed by atoms with Crippen LogP contribution >= 0.6 is 0 Å². The molecule has 6 heteroatoms. The van der Waals surface area contributed by atoms with Crippen molar-refractivity contribution in [3.63, 3.8) is 0 Å². The average Bonchev–Trinajstić information content (AvgIpc) is 3.03. The van der Waals surface area contributed by atoms with Crippen molar-refractivity contribution >= 4 is 0 Å². The number of hydrogen-bond acceptors (Lipinski definition) is 6. The Morgan fingerprint density at radius 2 is 1.96 bits per heavy atom. The zero-order valence-corrected chi connectivity index (χ0v) is 13.9. The third-order valence-corrected chi connectivity index (χ3v) is 4.17. The molecule has 1 aromatic heterocycles. The fourth-order valence-electron chi connectivity index (χ4n) is 2.80. The number of piperazine rings is 1.